The highest BCUT2D eigenvalue weighted by Crippen LogP contribution is 2.11. The van der Waals surface area contributed by atoms with Gasteiger partial charge in [0.15, 0.2) is 0 Å². The lowest BCUT2D eigenvalue weighted by atomic mass is 10.2. The summed E-state index contributed by atoms with van der Waals surface area (Å²) in [5, 5.41) is 3.33. The Morgan fingerprint density at radius 3 is 2.59 bits per heavy atom. The number of aryl methyl sites for hydroxylation is 1. The first-order valence-corrected chi connectivity index (χ1v) is 7.56. The number of nitrogens with one attached hydrogen (secondary N) is 1. The van der Waals surface area contributed by atoms with Crippen molar-refractivity contribution in [3.8, 4) is 0 Å². The Hall–Kier alpha value is -2.42. The van der Waals surface area contributed by atoms with E-state index >= 15 is 0 Å². The van der Waals surface area contributed by atoms with E-state index in [0.29, 0.717) is 0 Å². The van der Waals surface area contributed by atoms with Gasteiger partial charge in [-0.1, -0.05) is 55.5 Å². The third-order valence-electron chi connectivity index (χ3n) is 2.90. The molecule has 22 heavy (non-hydrogen) atoms. The SMILES string of the molecule is C=C/C(=C\C=C/C)C(=NC=NCCC)Nc1ccc(C)cc1. The molecule has 0 atom stereocenters. The zero-order chi connectivity index (χ0) is 16.2. The molecule has 0 heterocycles. The Bertz CT molecular complexity index is 575. The molecule has 1 N–H and O–H groups in total. The summed E-state index contributed by atoms with van der Waals surface area (Å²) in [6, 6.07) is 8.19. The van der Waals surface area contributed by atoms with Crippen LogP contribution in [0.3, 0.4) is 0 Å². The highest BCUT2D eigenvalue weighted by Gasteiger charge is 2.03. The molecule has 1 aromatic carbocycles. The van der Waals surface area contributed by atoms with Gasteiger partial charge in [-0.15, -0.1) is 0 Å². The van der Waals surface area contributed by atoms with E-state index in [9.17, 15) is 0 Å². The second-order valence-corrected chi connectivity index (χ2v) is 4.84. The third kappa shape index (κ3) is 6.35. The minimum absolute atomic E-state index is 0.733. The quantitative estimate of drug-likeness (QED) is 0.432. The fourth-order valence-corrected chi connectivity index (χ4v) is 1.68. The smallest absolute Gasteiger partial charge is 0.139 e. The van der Waals surface area contributed by atoms with Gasteiger partial charge in [-0.2, -0.15) is 0 Å². The van der Waals surface area contributed by atoms with Crippen molar-refractivity contribution in [2.24, 2.45) is 9.98 Å². The van der Waals surface area contributed by atoms with Crippen molar-refractivity contribution in [1.82, 2.24) is 0 Å². The zero-order valence-corrected chi connectivity index (χ0v) is 13.7. The number of amidine groups is 1. The maximum Gasteiger partial charge on any atom is 0.139 e. The van der Waals surface area contributed by atoms with Gasteiger partial charge in [-0.3, -0.25) is 4.99 Å². The van der Waals surface area contributed by atoms with E-state index < -0.39 is 0 Å². The Morgan fingerprint density at radius 2 is 2.00 bits per heavy atom. The molecular formula is C19H25N3. The average Bonchev–Trinajstić information content (AvgIpc) is 2.53. The summed E-state index contributed by atoms with van der Waals surface area (Å²) in [4.78, 5) is 8.69. The number of benzene rings is 1. The van der Waals surface area contributed by atoms with E-state index in [1.165, 1.54) is 5.56 Å². The monoisotopic (exact) mass is 295 g/mol. The molecule has 3 heteroatoms. The molecule has 0 saturated carbocycles. The van der Waals surface area contributed by atoms with E-state index in [1.807, 2.05) is 37.3 Å². The lowest BCUT2D eigenvalue weighted by molar-refractivity contribution is 0.935. The van der Waals surface area contributed by atoms with Gasteiger partial charge in [0.2, 0.25) is 0 Å². The molecular weight excluding hydrogens is 270 g/mol. The highest BCUT2D eigenvalue weighted by atomic mass is 15.0. The molecule has 116 valence electrons. The first-order valence-electron chi connectivity index (χ1n) is 7.56. The number of nitrogens with zero attached hydrogens (tertiary/aromatic N) is 2. The van der Waals surface area contributed by atoms with Crippen molar-refractivity contribution >= 4 is 17.9 Å². The largest absolute Gasteiger partial charge is 0.340 e. The molecule has 1 rings (SSSR count). The third-order valence-corrected chi connectivity index (χ3v) is 2.90. The Labute approximate surface area is 133 Å². The van der Waals surface area contributed by atoms with Crippen molar-refractivity contribution < 1.29 is 0 Å². The van der Waals surface area contributed by atoms with Crippen LogP contribution in [0, 0.1) is 6.92 Å². The van der Waals surface area contributed by atoms with Crippen molar-refractivity contribution in [2.45, 2.75) is 27.2 Å². The summed E-state index contributed by atoms with van der Waals surface area (Å²) in [6.45, 7) is 10.8. The van der Waals surface area contributed by atoms with E-state index in [-0.39, 0.29) is 0 Å². The Balaban J connectivity index is 3.04. The lowest BCUT2D eigenvalue weighted by Gasteiger charge is -2.10. The van der Waals surface area contributed by atoms with Crippen LogP contribution in [0.1, 0.15) is 25.8 Å². The van der Waals surface area contributed by atoms with Crippen molar-refractivity contribution in [3.05, 3.63) is 66.3 Å². The van der Waals surface area contributed by atoms with Gasteiger partial charge in [0, 0.05) is 17.8 Å². The Kier molecular flexibility index (Phi) is 8.28. The van der Waals surface area contributed by atoms with Gasteiger partial charge in [0.25, 0.3) is 0 Å². The number of allylic oxidation sites excluding steroid dienone is 3. The minimum atomic E-state index is 0.733. The standard InChI is InChI=1S/C19H25N3/c1-5-8-9-17(7-3)19(21-15-20-14-6-2)22-18-12-10-16(4)11-13-18/h5,7-13,15H,3,6,14H2,1-2,4H3,(H,20,21,22)/b8-5-,17-9+. The van der Waals surface area contributed by atoms with Crippen LogP contribution in [0.4, 0.5) is 5.69 Å². The van der Waals surface area contributed by atoms with E-state index in [2.05, 4.69) is 47.9 Å². The lowest BCUT2D eigenvalue weighted by Crippen LogP contribution is -2.14. The second kappa shape index (κ2) is 10.3. The second-order valence-electron chi connectivity index (χ2n) is 4.84. The summed E-state index contributed by atoms with van der Waals surface area (Å²) in [5.74, 6) is 0.733. The molecule has 0 unspecified atom stereocenters. The van der Waals surface area contributed by atoms with Crippen LogP contribution in [0.15, 0.2) is 70.7 Å². The normalized spacial score (nSPS) is 13.0. The highest BCUT2D eigenvalue weighted by molar-refractivity contribution is 6.12. The molecule has 0 aromatic heterocycles. The molecule has 0 saturated heterocycles. The molecule has 0 spiro atoms. The average molecular weight is 295 g/mol. The summed E-state index contributed by atoms with van der Waals surface area (Å²) in [5.41, 5.74) is 3.13. The van der Waals surface area contributed by atoms with E-state index in [1.54, 1.807) is 12.4 Å². The van der Waals surface area contributed by atoms with Crippen LogP contribution in [-0.2, 0) is 0 Å². The molecule has 0 aliphatic rings. The molecule has 0 amide bonds. The topological polar surface area (TPSA) is 36.8 Å². The number of hydrogen-bond donors (Lipinski definition) is 1. The molecule has 0 aliphatic carbocycles. The van der Waals surface area contributed by atoms with Gasteiger partial charge in [0.05, 0.1) is 0 Å². The number of rotatable bonds is 7. The fraction of sp³-hybridized carbons (Fsp3) is 0.263. The van der Waals surface area contributed by atoms with Gasteiger partial charge in [0.1, 0.15) is 12.2 Å². The van der Waals surface area contributed by atoms with Crippen LogP contribution in [0.25, 0.3) is 0 Å². The first-order chi connectivity index (χ1) is 10.7. The predicted molar refractivity (Wildman–Crippen MR) is 99.0 cm³/mol. The molecule has 3 nitrogen and oxygen atoms in total. The summed E-state index contributed by atoms with van der Waals surface area (Å²) >= 11 is 0. The van der Waals surface area contributed by atoms with Gasteiger partial charge >= 0.3 is 0 Å². The maximum atomic E-state index is 4.44. The number of hydrogen-bond acceptors (Lipinski definition) is 1. The van der Waals surface area contributed by atoms with Crippen LogP contribution >= 0.6 is 0 Å². The summed E-state index contributed by atoms with van der Waals surface area (Å²) < 4.78 is 0. The van der Waals surface area contributed by atoms with E-state index in [4.69, 9.17) is 0 Å². The van der Waals surface area contributed by atoms with Crippen LogP contribution in [-0.4, -0.2) is 18.7 Å². The van der Waals surface area contributed by atoms with Crippen LogP contribution in [0.2, 0.25) is 0 Å². The van der Waals surface area contributed by atoms with Gasteiger partial charge in [-0.05, 0) is 32.4 Å². The van der Waals surface area contributed by atoms with Crippen LogP contribution < -0.4 is 5.32 Å². The van der Waals surface area contributed by atoms with Crippen molar-refractivity contribution in [3.63, 3.8) is 0 Å². The van der Waals surface area contributed by atoms with Gasteiger partial charge < -0.3 is 5.32 Å². The summed E-state index contributed by atoms with van der Waals surface area (Å²) in [6.07, 6.45) is 10.3. The first kappa shape index (κ1) is 17.6. The van der Waals surface area contributed by atoms with E-state index in [0.717, 1.165) is 30.1 Å². The van der Waals surface area contributed by atoms with Gasteiger partial charge in [-0.25, -0.2) is 4.99 Å². The van der Waals surface area contributed by atoms with Crippen LogP contribution in [0.5, 0.6) is 0 Å². The predicted octanol–water partition coefficient (Wildman–Crippen LogP) is 4.93. The molecule has 0 aliphatic heterocycles. The van der Waals surface area contributed by atoms with Crippen molar-refractivity contribution in [2.75, 3.05) is 11.9 Å². The molecule has 0 fully saturated rings. The molecule has 1 aromatic rings. The zero-order valence-electron chi connectivity index (χ0n) is 13.7. The number of anilines is 1. The fourth-order valence-electron chi connectivity index (χ4n) is 1.68. The minimum Gasteiger partial charge on any atom is -0.340 e. The van der Waals surface area contributed by atoms with Crippen molar-refractivity contribution in [1.29, 1.82) is 0 Å². The molecule has 0 radical (unpaired) electrons. The Morgan fingerprint density at radius 1 is 1.27 bits per heavy atom. The summed E-state index contributed by atoms with van der Waals surface area (Å²) in [7, 11) is 0. The number of aliphatic imine (C=N–C) groups is 2. The molecule has 0 bridgehead atoms. The maximum absolute atomic E-state index is 4.44.